The quantitative estimate of drug-likeness (QED) is 0.238. The second-order valence-corrected chi connectivity index (χ2v) is 5.45. The molecule has 0 spiro atoms. The van der Waals surface area contributed by atoms with Gasteiger partial charge in [0, 0.05) is 19.0 Å². The summed E-state index contributed by atoms with van der Waals surface area (Å²) < 4.78 is 10.6. The van der Waals surface area contributed by atoms with Gasteiger partial charge in [0.2, 0.25) is 0 Å². The van der Waals surface area contributed by atoms with E-state index in [0.29, 0.717) is 25.8 Å². The van der Waals surface area contributed by atoms with Crippen molar-refractivity contribution >= 4 is 29.9 Å². The Labute approximate surface area is 155 Å². The van der Waals surface area contributed by atoms with Crippen LogP contribution in [0, 0.1) is 0 Å². The van der Waals surface area contributed by atoms with E-state index in [1.807, 2.05) is 12.1 Å². The van der Waals surface area contributed by atoms with Crippen molar-refractivity contribution < 1.29 is 14.3 Å². The zero-order chi connectivity index (χ0) is 15.5. The zero-order valence-electron chi connectivity index (χ0n) is 13.5. The molecular formula is C16H28IN3O3. The van der Waals surface area contributed by atoms with Gasteiger partial charge in [0.1, 0.15) is 5.76 Å². The van der Waals surface area contributed by atoms with Crippen molar-refractivity contribution in [3.05, 3.63) is 24.2 Å². The van der Waals surface area contributed by atoms with Gasteiger partial charge in [0.05, 0.1) is 32.6 Å². The standard InChI is InChI=1S/C16H27N3O3.HI/c20-10-13-21-12-9-18-16(19-14-4-1-2-5-14)17-8-7-15-6-3-11-22-15;/h3,6,11,14,20H,1-2,4-5,7-10,12-13H2,(H2,17,18,19);1H. The molecule has 7 heteroatoms. The average Bonchev–Trinajstić information content (AvgIpc) is 3.20. The van der Waals surface area contributed by atoms with Gasteiger partial charge in [-0.1, -0.05) is 12.8 Å². The highest BCUT2D eigenvalue weighted by Gasteiger charge is 2.15. The number of rotatable bonds is 9. The summed E-state index contributed by atoms with van der Waals surface area (Å²) in [5, 5.41) is 15.5. The van der Waals surface area contributed by atoms with Gasteiger partial charge < -0.3 is 24.9 Å². The lowest BCUT2D eigenvalue weighted by molar-refractivity contribution is 0.0977. The van der Waals surface area contributed by atoms with Crippen molar-refractivity contribution in [2.45, 2.75) is 38.1 Å². The molecule has 0 saturated heterocycles. The van der Waals surface area contributed by atoms with Crippen molar-refractivity contribution in [1.82, 2.24) is 10.6 Å². The SMILES string of the molecule is I.OCCOCCN=C(NCCc1ccco1)NC1CCCC1. The minimum Gasteiger partial charge on any atom is -0.469 e. The number of hydrogen-bond donors (Lipinski definition) is 3. The van der Waals surface area contributed by atoms with Crippen LogP contribution < -0.4 is 10.6 Å². The number of aliphatic imine (C=N–C) groups is 1. The number of hydrogen-bond acceptors (Lipinski definition) is 4. The molecule has 1 fully saturated rings. The zero-order valence-corrected chi connectivity index (χ0v) is 15.8. The number of guanidine groups is 1. The molecule has 1 heterocycles. The molecule has 0 unspecified atom stereocenters. The first-order valence-electron chi connectivity index (χ1n) is 8.14. The maximum Gasteiger partial charge on any atom is 0.191 e. The van der Waals surface area contributed by atoms with Crippen LogP contribution in [-0.2, 0) is 11.2 Å². The Morgan fingerprint density at radius 3 is 2.87 bits per heavy atom. The van der Waals surface area contributed by atoms with Crippen molar-refractivity contribution in [3.8, 4) is 0 Å². The fraction of sp³-hybridized carbons (Fsp3) is 0.688. The van der Waals surface area contributed by atoms with Gasteiger partial charge >= 0.3 is 0 Å². The van der Waals surface area contributed by atoms with Gasteiger partial charge in [-0.2, -0.15) is 0 Å². The van der Waals surface area contributed by atoms with E-state index in [-0.39, 0.29) is 30.6 Å². The molecule has 0 aromatic carbocycles. The first-order chi connectivity index (χ1) is 10.9. The van der Waals surface area contributed by atoms with Crippen LogP contribution in [0.4, 0.5) is 0 Å². The summed E-state index contributed by atoms with van der Waals surface area (Å²) in [5.74, 6) is 1.81. The van der Waals surface area contributed by atoms with Gasteiger partial charge in [-0.15, -0.1) is 24.0 Å². The van der Waals surface area contributed by atoms with Crippen LogP contribution in [0.15, 0.2) is 27.8 Å². The van der Waals surface area contributed by atoms with Crippen LogP contribution in [-0.4, -0.2) is 50.0 Å². The highest BCUT2D eigenvalue weighted by molar-refractivity contribution is 14.0. The van der Waals surface area contributed by atoms with E-state index in [0.717, 1.165) is 24.7 Å². The molecule has 1 aromatic heterocycles. The van der Waals surface area contributed by atoms with Crippen LogP contribution in [0.25, 0.3) is 0 Å². The van der Waals surface area contributed by atoms with E-state index >= 15 is 0 Å². The number of ether oxygens (including phenoxy) is 1. The Morgan fingerprint density at radius 2 is 2.17 bits per heavy atom. The smallest absolute Gasteiger partial charge is 0.191 e. The van der Waals surface area contributed by atoms with E-state index in [1.165, 1.54) is 25.7 Å². The monoisotopic (exact) mass is 437 g/mol. The second kappa shape index (κ2) is 12.6. The third-order valence-corrected chi connectivity index (χ3v) is 3.68. The van der Waals surface area contributed by atoms with Crippen LogP contribution in [0.1, 0.15) is 31.4 Å². The maximum absolute atomic E-state index is 8.68. The second-order valence-electron chi connectivity index (χ2n) is 5.45. The van der Waals surface area contributed by atoms with Crippen LogP contribution >= 0.6 is 24.0 Å². The molecular weight excluding hydrogens is 409 g/mol. The number of furan rings is 1. The molecule has 1 aromatic rings. The van der Waals surface area contributed by atoms with Crippen molar-refractivity contribution in [2.75, 3.05) is 32.9 Å². The van der Waals surface area contributed by atoms with Crippen molar-refractivity contribution in [2.24, 2.45) is 4.99 Å². The lowest BCUT2D eigenvalue weighted by Crippen LogP contribution is -2.43. The predicted molar refractivity (Wildman–Crippen MR) is 101 cm³/mol. The largest absolute Gasteiger partial charge is 0.469 e. The van der Waals surface area contributed by atoms with E-state index in [1.54, 1.807) is 6.26 Å². The first-order valence-corrected chi connectivity index (χ1v) is 8.14. The normalized spacial score (nSPS) is 15.4. The van der Waals surface area contributed by atoms with Crippen molar-refractivity contribution in [1.29, 1.82) is 0 Å². The molecule has 1 saturated carbocycles. The summed E-state index contributed by atoms with van der Waals surface area (Å²) in [5.41, 5.74) is 0. The number of aliphatic hydroxyl groups is 1. The van der Waals surface area contributed by atoms with E-state index < -0.39 is 0 Å². The Bertz CT molecular complexity index is 420. The molecule has 1 aliphatic carbocycles. The molecule has 2 rings (SSSR count). The minimum atomic E-state index is 0. The topological polar surface area (TPSA) is 79.0 Å². The number of halogens is 1. The number of aliphatic hydroxyl groups excluding tert-OH is 1. The third kappa shape index (κ3) is 8.57. The summed E-state index contributed by atoms with van der Waals surface area (Å²) in [4.78, 5) is 4.54. The van der Waals surface area contributed by atoms with Gasteiger partial charge in [-0.25, -0.2) is 0 Å². The van der Waals surface area contributed by atoms with Gasteiger partial charge in [-0.3, -0.25) is 4.99 Å². The number of nitrogens with zero attached hydrogens (tertiary/aromatic N) is 1. The molecule has 3 N–H and O–H groups in total. The summed E-state index contributed by atoms with van der Waals surface area (Å²) in [6.45, 7) is 2.31. The maximum atomic E-state index is 8.68. The molecule has 6 nitrogen and oxygen atoms in total. The average molecular weight is 437 g/mol. The molecule has 23 heavy (non-hydrogen) atoms. The molecule has 0 atom stereocenters. The van der Waals surface area contributed by atoms with Crippen LogP contribution in [0.5, 0.6) is 0 Å². The van der Waals surface area contributed by atoms with Gasteiger partial charge in [0.25, 0.3) is 0 Å². The minimum absolute atomic E-state index is 0. The summed E-state index contributed by atoms with van der Waals surface area (Å²) in [7, 11) is 0. The van der Waals surface area contributed by atoms with Crippen LogP contribution in [0.2, 0.25) is 0 Å². The molecule has 1 aliphatic rings. The highest BCUT2D eigenvalue weighted by atomic mass is 127. The molecule has 0 radical (unpaired) electrons. The first kappa shape index (κ1) is 20.2. The number of nitrogens with one attached hydrogen (secondary N) is 2. The summed E-state index contributed by atoms with van der Waals surface area (Å²) >= 11 is 0. The summed E-state index contributed by atoms with van der Waals surface area (Å²) in [6, 6.07) is 4.40. The van der Waals surface area contributed by atoms with E-state index in [2.05, 4.69) is 15.6 Å². The lowest BCUT2D eigenvalue weighted by atomic mass is 10.2. The Balaban J connectivity index is 0.00000264. The third-order valence-electron chi connectivity index (χ3n) is 3.68. The lowest BCUT2D eigenvalue weighted by Gasteiger charge is -2.17. The molecule has 0 amide bonds. The fourth-order valence-electron chi connectivity index (χ4n) is 2.56. The molecule has 0 aliphatic heterocycles. The fourth-order valence-corrected chi connectivity index (χ4v) is 2.56. The molecule has 0 bridgehead atoms. The predicted octanol–water partition coefficient (Wildman–Crippen LogP) is 1.93. The Morgan fingerprint density at radius 1 is 1.35 bits per heavy atom. The van der Waals surface area contributed by atoms with Gasteiger partial charge in [0.15, 0.2) is 5.96 Å². The van der Waals surface area contributed by atoms with Crippen LogP contribution in [0.3, 0.4) is 0 Å². The van der Waals surface area contributed by atoms with E-state index in [9.17, 15) is 0 Å². The molecule has 132 valence electrons. The summed E-state index contributed by atoms with van der Waals surface area (Å²) in [6.07, 6.45) is 7.52. The highest BCUT2D eigenvalue weighted by Crippen LogP contribution is 2.17. The van der Waals surface area contributed by atoms with Crippen molar-refractivity contribution in [3.63, 3.8) is 0 Å². The van der Waals surface area contributed by atoms with E-state index in [4.69, 9.17) is 14.3 Å². The van der Waals surface area contributed by atoms with Gasteiger partial charge in [-0.05, 0) is 25.0 Å². The Kier molecular flexibility index (Phi) is 11.1. The Hall–Kier alpha value is -0.800.